The zero-order chi connectivity index (χ0) is 13.0. The first kappa shape index (κ1) is 13.2. The highest BCUT2D eigenvalue weighted by molar-refractivity contribution is 7.17. The van der Waals surface area contributed by atoms with Crippen molar-refractivity contribution in [2.24, 2.45) is 0 Å². The molecule has 1 aliphatic rings. The number of carbonyl (C=O) groups excluding carboxylic acids is 1. The number of likely N-dealkylation sites (tertiary alicyclic amines) is 1. The van der Waals surface area contributed by atoms with E-state index in [1.54, 1.807) is 4.90 Å². The largest absolute Gasteiger partial charge is 0.394 e. The van der Waals surface area contributed by atoms with Crippen LogP contribution >= 0.6 is 11.3 Å². The van der Waals surface area contributed by atoms with Crippen LogP contribution in [0.5, 0.6) is 0 Å². The average molecular weight is 270 g/mol. The van der Waals surface area contributed by atoms with E-state index in [2.05, 4.69) is 22.4 Å². The first-order valence-corrected chi connectivity index (χ1v) is 7.07. The number of anilines is 1. The molecule has 0 spiro atoms. The van der Waals surface area contributed by atoms with Crippen molar-refractivity contribution in [3.05, 3.63) is 5.01 Å². The molecule has 2 rings (SSSR count). The maximum Gasteiger partial charge on any atom is 0.285 e. The summed E-state index contributed by atoms with van der Waals surface area (Å²) in [5.74, 6) is -0.117. The summed E-state index contributed by atoms with van der Waals surface area (Å²) in [5.41, 5.74) is 0. The molecule has 0 aromatic carbocycles. The Morgan fingerprint density at radius 3 is 3.17 bits per heavy atom. The highest BCUT2D eigenvalue weighted by Crippen LogP contribution is 2.22. The number of hydrogen-bond acceptors (Lipinski definition) is 6. The summed E-state index contributed by atoms with van der Waals surface area (Å²) >= 11 is 1.27. The quantitative estimate of drug-likeness (QED) is 0.833. The van der Waals surface area contributed by atoms with Crippen LogP contribution in [0.25, 0.3) is 0 Å². The molecular formula is C11H18N4O2S. The van der Waals surface area contributed by atoms with E-state index in [1.165, 1.54) is 11.3 Å². The summed E-state index contributed by atoms with van der Waals surface area (Å²) in [6.45, 7) is 3.61. The van der Waals surface area contributed by atoms with Crippen molar-refractivity contribution in [1.82, 2.24) is 15.1 Å². The van der Waals surface area contributed by atoms with E-state index >= 15 is 0 Å². The molecule has 2 N–H and O–H groups in total. The van der Waals surface area contributed by atoms with Crippen molar-refractivity contribution in [3.8, 4) is 0 Å². The van der Waals surface area contributed by atoms with Crippen LogP contribution in [-0.4, -0.2) is 51.8 Å². The van der Waals surface area contributed by atoms with Gasteiger partial charge in [0.15, 0.2) is 0 Å². The van der Waals surface area contributed by atoms with Crippen molar-refractivity contribution < 1.29 is 9.90 Å². The molecule has 0 bridgehead atoms. The summed E-state index contributed by atoms with van der Waals surface area (Å²) < 4.78 is 0. The molecule has 2 heterocycles. The van der Waals surface area contributed by atoms with Gasteiger partial charge < -0.3 is 15.3 Å². The van der Waals surface area contributed by atoms with Gasteiger partial charge in [0.25, 0.3) is 5.91 Å². The van der Waals surface area contributed by atoms with Crippen molar-refractivity contribution in [3.63, 3.8) is 0 Å². The SMILES string of the molecule is CCCNc1nnc(C(=O)N2CCCC2CO)s1. The van der Waals surface area contributed by atoms with Gasteiger partial charge in [-0.3, -0.25) is 4.79 Å². The number of carbonyl (C=O) groups is 1. The molecule has 1 amide bonds. The fourth-order valence-electron chi connectivity index (χ4n) is 2.03. The fourth-order valence-corrected chi connectivity index (χ4v) is 2.75. The zero-order valence-electron chi connectivity index (χ0n) is 10.4. The van der Waals surface area contributed by atoms with Crippen molar-refractivity contribution in [1.29, 1.82) is 0 Å². The van der Waals surface area contributed by atoms with Gasteiger partial charge >= 0.3 is 0 Å². The second-order valence-electron chi connectivity index (χ2n) is 4.32. The third-order valence-electron chi connectivity index (χ3n) is 2.98. The van der Waals surface area contributed by atoms with Gasteiger partial charge in [0, 0.05) is 13.1 Å². The maximum atomic E-state index is 12.2. The highest BCUT2D eigenvalue weighted by atomic mass is 32.1. The van der Waals surface area contributed by atoms with Crippen LogP contribution in [0, 0.1) is 0 Å². The lowest BCUT2D eigenvalue weighted by atomic mass is 10.2. The molecule has 0 saturated carbocycles. The molecule has 1 saturated heterocycles. The Morgan fingerprint density at radius 1 is 1.61 bits per heavy atom. The zero-order valence-corrected chi connectivity index (χ0v) is 11.2. The average Bonchev–Trinajstić information content (AvgIpc) is 3.04. The van der Waals surface area contributed by atoms with Gasteiger partial charge in [-0.1, -0.05) is 18.3 Å². The lowest BCUT2D eigenvalue weighted by Crippen LogP contribution is -2.37. The minimum Gasteiger partial charge on any atom is -0.394 e. The Bertz CT molecular complexity index is 410. The van der Waals surface area contributed by atoms with E-state index in [-0.39, 0.29) is 18.6 Å². The second kappa shape index (κ2) is 6.10. The smallest absolute Gasteiger partial charge is 0.285 e. The highest BCUT2D eigenvalue weighted by Gasteiger charge is 2.30. The van der Waals surface area contributed by atoms with Crippen LogP contribution < -0.4 is 5.32 Å². The van der Waals surface area contributed by atoms with E-state index in [0.717, 1.165) is 25.8 Å². The van der Waals surface area contributed by atoms with Crippen LogP contribution in [0.2, 0.25) is 0 Å². The summed E-state index contributed by atoms with van der Waals surface area (Å²) in [4.78, 5) is 13.9. The van der Waals surface area contributed by atoms with E-state index in [1.807, 2.05) is 0 Å². The lowest BCUT2D eigenvalue weighted by molar-refractivity contribution is 0.0676. The molecule has 1 fully saturated rings. The Balaban J connectivity index is 2.02. The van der Waals surface area contributed by atoms with Gasteiger partial charge in [0.1, 0.15) is 0 Å². The summed E-state index contributed by atoms with van der Waals surface area (Å²) in [6.07, 6.45) is 2.81. The Labute approximate surface area is 110 Å². The Morgan fingerprint density at radius 2 is 2.44 bits per heavy atom. The molecule has 7 heteroatoms. The lowest BCUT2D eigenvalue weighted by Gasteiger charge is -2.21. The van der Waals surface area contributed by atoms with E-state index in [0.29, 0.717) is 16.7 Å². The molecule has 0 radical (unpaired) electrons. The van der Waals surface area contributed by atoms with Gasteiger partial charge in [0.05, 0.1) is 12.6 Å². The van der Waals surface area contributed by atoms with Crippen molar-refractivity contribution in [2.75, 3.05) is 25.0 Å². The molecule has 100 valence electrons. The van der Waals surface area contributed by atoms with Gasteiger partial charge in [-0.05, 0) is 19.3 Å². The van der Waals surface area contributed by atoms with Crippen molar-refractivity contribution >= 4 is 22.4 Å². The van der Waals surface area contributed by atoms with Gasteiger partial charge in [-0.15, -0.1) is 10.2 Å². The molecular weight excluding hydrogens is 252 g/mol. The summed E-state index contributed by atoms with van der Waals surface area (Å²) in [5, 5.41) is 21.3. The number of hydrogen-bond donors (Lipinski definition) is 2. The van der Waals surface area contributed by atoms with Gasteiger partial charge in [-0.2, -0.15) is 0 Å². The van der Waals surface area contributed by atoms with E-state index < -0.39 is 0 Å². The van der Waals surface area contributed by atoms with Crippen LogP contribution in [-0.2, 0) is 0 Å². The van der Waals surface area contributed by atoms with E-state index in [4.69, 9.17) is 0 Å². The number of amides is 1. The molecule has 1 aliphatic heterocycles. The van der Waals surface area contributed by atoms with Crippen LogP contribution in [0.4, 0.5) is 5.13 Å². The topological polar surface area (TPSA) is 78.4 Å². The normalized spacial score (nSPS) is 19.2. The molecule has 1 atom stereocenters. The third-order valence-corrected chi connectivity index (χ3v) is 3.85. The van der Waals surface area contributed by atoms with Crippen LogP contribution in [0.1, 0.15) is 36.0 Å². The molecule has 18 heavy (non-hydrogen) atoms. The first-order valence-electron chi connectivity index (χ1n) is 6.25. The van der Waals surface area contributed by atoms with E-state index in [9.17, 15) is 9.90 Å². The number of nitrogens with one attached hydrogen (secondary N) is 1. The molecule has 1 unspecified atom stereocenters. The van der Waals surface area contributed by atoms with Crippen LogP contribution in [0.3, 0.4) is 0 Å². The minimum absolute atomic E-state index is 0.0193. The standard InChI is InChI=1S/C11H18N4O2S/c1-2-5-12-11-14-13-9(18-11)10(17)15-6-3-4-8(15)7-16/h8,16H,2-7H2,1H3,(H,12,14). The monoisotopic (exact) mass is 270 g/mol. The number of nitrogens with zero attached hydrogens (tertiary/aromatic N) is 3. The number of aliphatic hydroxyl groups is 1. The second-order valence-corrected chi connectivity index (χ2v) is 5.29. The number of aromatic nitrogens is 2. The molecule has 1 aromatic heterocycles. The van der Waals surface area contributed by atoms with Gasteiger partial charge in [0.2, 0.25) is 10.1 Å². The minimum atomic E-state index is -0.117. The first-order chi connectivity index (χ1) is 8.76. The summed E-state index contributed by atoms with van der Waals surface area (Å²) in [6, 6.07) is -0.0616. The molecule has 0 aliphatic carbocycles. The fraction of sp³-hybridized carbons (Fsp3) is 0.727. The van der Waals surface area contributed by atoms with Crippen LogP contribution in [0.15, 0.2) is 0 Å². The number of aliphatic hydroxyl groups excluding tert-OH is 1. The predicted molar refractivity (Wildman–Crippen MR) is 69.8 cm³/mol. The maximum absolute atomic E-state index is 12.2. The predicted octanol–water partition coefficient (Wildman–Crippen LogP) is 0.957. The number of rotatable bonds is 5. The van der Waals surface area contributed by atoms with Gasteiger partial charge in [-0.25, -0.2) is 0 Å². The third kappa shape index (κ3) is 2.78. The van der Waals surface area contributed by atoms with Crippen molar-refractivity contribution in [2.45, 2.75) is 32.2 Å². The Hall–Kier alpha value is -1.21. The molecule has 1 aromatic rings. The molecule has 6 nitrogen and oxygen atoms in total. The summed E-state index contributed by atoms with van der Waals surface area (Å²) in [7, 11) is 0. The Kier molecular flexibility index (Phi) is 4.48.